The summed E-state index contributed by atoms with van der Waals surface area (Å²) in [5.41, 5.74) is 8.15. The van der Waals surface area contributed by atoms with Gasteiger partial charge in [0, 0.05) is 5.56 Å². The molecule has 4 aromatic carbocycles. The summed E-state index contributed by atoms with van der Waals surface area (Å²) in [6.07, 6.45) is 15.2. The third-order valence-electron chi connectivity index (χ3n) is 12.1. The molecule has 0 saturated carbocycles. The predicted molar refractivity (Wildman–Crippen MR) is 236 cm³/mol. The van der Waals surface area contributed by atoms with E-state index in [4.69, 9.17) is 9.16 Å². The van der Waals surface area contributed by atoms with Crippen LogP contribution in [0.25, 0.3) is 0 Å². The molecule has 0 bridgehead atoms. The Morgan fingerprint density at radius 1 is 0.736 bits per heavy atom. The van der Waals surface area contributed by atoms with E-state index in [0.717, 1.165) is 56.4 Å². The zero-order valence-electron chi connectivity index (χ0n) is 34.5. The van der Waals surface area contributed by atoms with Gasteiger partial charge < -0.3 is 9.16 Å². The summed E-state index contributed by atoms with van der Waals surface area (Å²) in [5, 5.41) is 4.60. The van der Waals surface area contributed by atoms with Gasteiger partial charge in [0.1, 0.15) is 34.7 Å². The molecule has 53 heavy (non-hydrogen) atoms. The van der Waals surface area contributed by atoms with Crippen LogP contribution >= 0.6 is 7.26 Å². The Hall–Kier alpha value is -3.39. The summed E-state index contributed by atoms with van der Waals surface area (Å²) >= 11 is 0. The van der Waals surface area contributed by atoms with Crippen molar-refractivity contribution in [3.63, 3.8) is 0 Å². The molecule has 0 unspecified atom stereocenters. The minimum Gasteiger partial charge on any atom is -0.543 e. The first kappa shape index (κ1) is 40.8. The maximum atomic E-state index is 6.90. The van der Waals surface area contributed by atoms with Crippen LogP contribution in [0.4, 0.5) is 0 Å². The summed E-state index contributed by atoms with van der Waals surface area (Å²) in [5.74, 6) is 2.23. The number of allylic oxidation sites excluding steroid dienone is 4. The fraction of sp³-hybridized carbons (Fsp3) is 0.429. The third kappa shape index (κ3) is 9.65. The van der Waals surface area contributed by atoms with Gasteiger partial charge in [-0.1, -0.05) is 98.7 Å². The SMILES string of the molecule is C/C(=C\CC[C@@H]1CCc2c(C)c(O[Si](C)(C)C(C)(C)C)c(C)c(C)c2O1)CC/C=C(\C)CCC[P+](c1ccccc1)(c1ccccc1)c1ccccc1. The highest BCUT2D eigenvalue weighted by Crippen LogP contribution is 2.56. The number of hydrogen-bond acceptors (Lipinski definition) is 2. The third-order valence-corrected chi connectivity index (χ3v) is 21.0. The molecule has 0 saturated heterocycles. The Bertz CT molecular complexity index is 1760. The second kappa shape index (κ2) is 17.8. The first-order chi connectivity index (χ1) is 25.2. The van der Waals surface area contributed by atoms with Crippen molar-refractivity contribution in [3.05, 3.63) is 137 Å². The molecule has 0 spiro atoms. The fourth-order valence-electron chi connectivity index (χ4n) is 7.65. The van der Waals surface area contributed by atoms with Gasteiger partial charge in [0.05, 0.1) is 12.3 Å². The molecule has 0 aliphatic carbocycles. The number of fused-ring (bicyclic) bond motifs is 1. The summed E-state index contributed by atoms with van der Waals surface area (Å²) < 4.78 is 13.6. The van der Waals surface area contributed by atoms with E-state index in [-0.39, 0.29) is 11.1 Å². The Morgan fingerprint density at radius 2 is 1.25 bits per heavy atom. The Balaban J connectivity index is 1.15. The smallest absolute Gasteiger partial charge is 0.250 e. The van der Waals surface area contributed by atoms with Gasteiger partial charge in [-0.3, -0.25) is 0 Å². The lowest BCUT2D eigenvalue weighted by Crippen LogP contribution is -2.44. The topological polar surface area (TPSA) is 18.5 Å². The Kier molecular flexibility index (Phi) is 13.7. The van der Waals surface area contributed by atoms with Crippen LogP contribution in [0.2, 0.25) is 18.1 Å². The van der Waals surface area contributed by atoms with Crippen LogP contribution < -0.4 is 25.1 Å². The Morgan fingerprint density at radius 3 is 1.77 bits per heavy atom. The lowest BCUT2D eigenvalue weighted by atomic mass is 9.90. The molecular formula is C49H66O2PSi+. The molecule has 1 aliphatic heterocycles. The van der Waals surface area contributed by atoms with Crippen molar-refractivity contribution < 1.29 is 9.16 Å². The molecule has 5 rings (SSSR count). The largest absolute Gasteiger partial charge is 0.543 e. The minimum absolute atomic E-state index is 0.168. The number of rotatable bonds is 15. The predicted octanol–water partition coefficient (Wildman–Crippen LogP) is 12.9. The maximum absolute atomic E-state index is 6.90. The van der Waals surface area contributed by atoms with E-state index in [0.29, 0.717) is 0 Å². The van der Waals surface area contributed by atoms with E-state index in [1.165, 1.54) is 61.9 Å². The standard InChI is InChI=1S/C49H66O2PSi/c1-37(25-21-27-42-34-35-46-41(5)47(39(3)40(4)48(46)50-42)51-53(9,10)49(6,7)8)23-20-24-38(2)26-22-36-52(43-28-14-11-15-29-43,44-30-16-12-17-31-44)45-32-18-13-19-33-45/h11-19,24-25,28-33,42H,20-23,26-27,34-36H2,1-10H3/q+1/b37-25+,38-24+/t42-/m1/s1. The van der Waals surface area contributed by atoms with Gasteiger partial charge in [-0.15, -0.1) is 0 Å². The lowest BCUT2D eigenvalue weighted by Gasteiger charge is -2.39. The van der Waals surface area contributed by atoms with Crippen LogP contribution in [0.3, 0.4) is 0 Å². The van der Waals surface area contributed by atoms with Gasteiger partial charge in [-0.2, -0.15) is 0 Å². The number of ether oxygens (including phenoxy) is 1. The molecule has 282 valence electrons. The van der Waals surface area contributed by atoms with Crippen molar-refractivity contribution in [2.24, 2.45) is 0 Å². The molecule has 1 atom stereocenters. The highest BCUT2D eigenvalue weighted by molar-refractivity contribution is 7.95. The molecule has 1 heterocycles. The fourth-order valence-corrected chi connectivity index (χ4v) is 13.1. The van der Waals surface area contributed by atoms with Crippen LogP contribution in [0.5, 0.6) is 11.5 Å². The molecule has 0 aromatic heterocycles. The maximum Gasteiger partial charge on any atom is 0.250 e. The van der Waals surface area contributed by atoms with Crippen molar-refractivity contribution in [2.45, 2.75) is 131 Å². The van der Waals surface area contributed by atoms with E-state index >= 15 is 0 Å². The van der Waals surface area contributed by atoms with Crippen molar-refractivity contribution in [2.75, 3.05) is 6.16 Å². The van der Waals surface area contributed by atoms with Crippen LogP contribution in [0.15, 0.2) is 114 Å². The van der Waals surface area contributed by atoms with Gasteiger partial charge in [0.25, 0.3) is 8.32 Å². The second-order valence-corrected chi connectivity index (χ2v) is 25.4. The van der Waals surface area contributed by atoms with Crippen molar-refractivity contribution >= 4 is 31.5 Å². The van der Waals surface area contributed by atoms with Crippen molar-refractivity contribution in [1.82, 2.24) is 0 Å². The molecule has 0 fully saturated rings. The van der Waals surface area contributed by atoms with E-state index in [1.54, 1.807) is 0 Å². The first-order valence-electron chi connectivity index (χ1n) is 20.1. The summed E-state index contributed by atoms with van der Waals surface area (Å²) in [6, 6.07) is 33.8. The molecule has 0 radical (unpaired) electrons. The van der Waals surface area contributed by atoms with Gasteiger partial charge in [-0.05, 0) is 157 Å². The molecular weight excluding hydrogens is 680 g/mol. The minimum atomic E-state index is -1.93. The summed E-state index contributed by atoms with van der Waals surface area (Å²) in [6.45, 7) is 23.0. The van der Waals surface area contributed by atoms with Gasteiger partial charge >= 0.3 is 0 Å². The van der Waals surface area contributed by atoms with Crippen LogP contribution in [-0.4, -0.2) is 20.6 Å². The summed E-state index contributed by atoms with van der Waals surface area (Å²) in [7, 11) is -3.70. The zero-order valence-corrected chi connectivity index (χ0v) is 36.4. The molecule has 2 nitrogen and oxygen atoms in total. The van der Waals surface area contributed by atoms with E-state index in [1.807, 2.05) is 0 Å². The van der Waals surface area contributed by atoms with Crippen LogP contribution in [-0.2, 0) is 6.42 Å². The van der Waals surface area contributed by atoms with Crippen molar-refractivity contribution in [3.8, 4) is 11.5 Å². The zero-order chi connectivity index (χ0) is 38.2. The molecule has 0 N–H and O–H groups in total. The highest BCUT2D eigenvalue weighted by atomic mass is 31.2. The number of hydrogen-bond donors (Lipinski definition) is 0. The van der Waals surface area contributed by atoms with Gasteiger partial charge in [0.15, 0.2) is 0 Å². The highest BCUT2D eigenvalue weighted by Gasteiger charge is 2.44. The summed E-state index contributed by atoms with van der Waals surface area (Å²) in [4.78, 5) is 0. The molecule has 1 aliphatic rings. The molecule has 4 aromatic rings. The van der Waals surface area contributed by atoms with Crippen LogP contribution in [0.1, 0.15) is 102 Å². The molecule has 0 amide bonds. The monoisotopic (exact) mass is 745 g/mol. The average Bonchev–Trinajstić information content (AvgIpc) is 3.15. The average molecular weight is 746 g/mol. The van der Waals surface area contributed by atoms with Crippen LogP contribution in [0, 0.1) is 20.8 Å². The van der Waals surface area contributed by atoms with Gasteiger partial charge in [0.2, 0.25) is 0 Å². The lowest BCUT2D eigenvalue weighted by molar-refractivity contribution is 0.163. The van der Waals surface area contributed by atoms with E-state index in [2.05, 4.69) is 172 Å². The van der Waals surface area contributed by atoms with E-state index in [9.17, 15) is 0 Å². The second-order valence-electron chi connectivity index (χ2n) is 17.0. The Labute approximate surface area is 324 Å². The number of benzene rings is 4. The molecule has 4 heteroatoms. The quantitative estimate of drug-likeness (QED) is 0.0685. The normalized spacial score (nSPS) is 15.5. The van der Waals surface area contributed by atoms with Gasteiger partial charge in [-0.25, -0.2) is 0 Å². The first-order valence-corrected chi connectivity index (χ1v) is 25.0. The van der Waals surface area contributed by atoms with E-state index < -0.39 is 15.6 Å². The van der Waals surface area contributed by atoms with Crippen molar-refractivity contribution in [1.29, 1.82) is 0 Å².